The number of nitrogens with zero attached hydrogens (tertiary/aromatic N) is 1. The molecule has 0 heterocycles. The quantitative estimate of drug-likeness (QED) is 0.485. The second kappa shape index (κ2) is 7.14. The normalized spacial score (nSPS) is 10.4. The van der Waals surface area contributed by atoms with Crippen molar-refractivity contribution in [3.8, 4) is 5.75 Å². The van der Waals surface area contributed by atoms with E-state index in [2.05, 4.69) is 17.1 Å². The van der Waals surface area contributed by atoms with E-state index < -0.39 is 0 Å². The smallest absolute Gasteiger partial charge is 0.119 e. The van der Waals surface area contributed by atoms with Crippen molar-refractivity contribution in [2.45, 2.75) is 6.92 Å². The third-order valence-electron chi connectivity index (χ3n) is 2.55. The van der Waals surface area contributed by atoms with Crippen LogP contribution >= 0.6 is 0 Å². The number of ether oxygens (including phenoxy) is 1. The molecule has 102 valence electrons. The number of rotatable bonds is 6. The van der Waals surface area contributed by atoms with Crippen molar-refractivity contribution in [3.05, 3.63) is 72.3 Å². The van der Waals surface area contributed by atoms with E-state index in [9.17, 15) is 0 Å². The predicted molar refractivity (Wildman–Crippen MR) is 84.4 cm³/mol. The van der Waals surface area contributed by atoms with Gasteiger partial charge in [-0.2, -0.15) is 5.10 Å². The lowest BCUT2D eigenvalue weighted by atomic mass is 10.2. The number of anilines is 1. The van der Waals surface area contributed by atoms with Crippen LogP contribution < -0.4 is 10.2 Å². The Kier molecular flexibility index (Phi) is 4.95. The van der Waals surface area contributed by atoms with Crippen LogP contribution in [0.3, 0.4) is 0 Å². The van der Waals surface area contributed by atoms with Crippen LogP contribution in [0.2, 0.25) is 0 Å². The molecule has 0 spiro atoms. The lowest BCUT2D eigenvalue weighted by Crippen LogP contribution is -1.97. The highest BCUT2D eigenvalue weighted by Crippen LogP contribution is 2.12. The van der Waals surface area contributed by atoms with Gasteiger partial charge in [0, 0.05) is 0 Å². The summed E-state index contributed by atoms with van der Waals surface area (Å²) in [5.41, 5.74) is 5.95. The number of hydrogen-bond donors (Lipinski definition) is 1. The summed E-state index contributed by atoms with van der Waals surface area (Å²) in [6.45, 7) is 6.29. The van der Waals surface area contributed by atoms with Crippen LogP contribution in [0.5, 0.6) is 5.75 Å². The fraction of sp³-hybridized carbons (Fsp3) is 0.118. The Morgan fingerprint density at radius 2 is 1.85 bits per heavy atom. The lowest BCUT2D eigenvalue weighted by Gasteiger charge is -2.05. The molecule has 2 aromatic carbocycles. The van der Waals surface area contributed by atoms with Crippen LogP contribution in [-0.4, -0.2) is 12.8 Å². The van der Waals surface area contributed by atoms with Crippen molar-refractivity contribution in [1.29, 1.82) is 0 Å². The van der Waals surface area contributed by atoms with Crippen molar-refractivity contribution in [2.75, 3.05) is 12.0 Å². The summed E-state index contributed by atoms with van der Waals surface area (Å²) in [4.78, 5) is 0. The van der Waals surface area contributed by atoms with Gasteiger partial charge < -0.3 is 4.74 Å². The third kappa shape index (κ3) is 4.61. The molecular formula is C17H18N2O. The maximum Gasteiger partial charge on any atom is 0.119 e. The summed E-state index contributed by atoms with van der Waals surface area (Å²) in [6, 6.07) is 17.6. The summed E-state index contributed by atoms with van der Waals surface area (Å²) in [5, 5.41) is 4.19. The number of nitrogens with one attached hydrogen (secondary N) is 1. The lowest BCUT2D eigenvalue weighted by molar-refractivity contribution is 0.352. The maximum atomic E-state index is 5.54. The molecule has 3 nitrogen and oxygen atoms in total. The van der Waals surface area contributed by atoms with E-state index in [1.165, 1.54) is 0 Å². The van der Waals surface area contributed by atoms with Crippen LogP contribution in [0, 0.1) is 0 Å². The zero-order valence-electron chi connectivity index (χ0n) is 11.5. The van der Waals surface area contributed by atoms with Crippen LogP contribution in [0.25, 0.3) is 0 Å². The Hall–Kier alpha value is -2.55. The van der Waals surface area contributed by atoms with Gasteiger partial charge >= 0.3 is 0 Å². The molecule has 20 heavy (non-hydrogen) atoms. The molecular weight excluding hydrogens is 248 g/mol. The Morgan fingerprint density at radius 3 is 2.50 bits per heavy atom. The Bertz CT molecular complexity index is 574. The maximum absolute atomic E-state index is 5.54. The average Bonchev–Trinajstić information content (AvgIpc) is 2.47. The fourth-order valence-electron chi connectivity index (χ4n) is 1.55. The van der Waals surface area contributed by atoms with Crippen molar-refractivity contribution in [2.24, 2.45) is 5.10 Å². The van der Waals surface area contributed by atoms with Gasteiger partial charge in [0.05, 0.1) is 11.9 Å². The number of para-hydroxylation sites is 1. The van der Waals surface area contributed by atoms with E-state index in [1.54, 1.807) is 6.21 Å². The second-order valence-corrected chi connectivity index (χ2v) is 4.55. The van der Waals surface area contributed by atoms with Gasteiger partial charge in [0.15, 0.2) is 0 Å². The Morgan fingerprint density at radius 1 is 1.15 bits per heavy atom. The largest absolute Gasteiger partial charge is 0.489 e. The van der Waals surface area contributed by atoms with E-state index >= 15 is 0 Å². The second-order valence-electron chi connectivity index (χ2n) is 4.55. The molecule has 0 radical (unpaired) electrons. The van der Waals surface area contributed by atoms with Crippen molar-refractivity contribution in [3.63, 3.8) is 0 Å². The molecule has 0 aliphatic rings. The first-order valence-electron chi connectivity index (χ1n) is 6.45. The van der Waals surface area contributed by atoms with Gasteiger partial charge in [-0.25, -0.2) is 0 Å². The number of hydrogen-bond acceptors (Lipinski definition) is 3. The van der Waals surface area contributed by atoms with Gasteiger partial charge in [-0.05, 0) is 54.5 Å². The summed E-state index contributed by atoms with van der Waals surface area (Å²) in [5.74, 6) is 0.834. The van der Waals surface area contributed by atoms with Crippen LogP contribution in [0.4, 0.5) is 5.69 Å². The Labute approximate surface area is 119 Å². The number of hydrazone groups is 1. The summed E-state index contributed by atoms with van der Waals surface area (Å²) >= 11 is 0. The highest BCUT2D eigenvalue weighted by Gasteiger charge is 1.94. The standard InChI is InChI=1S/C17H18N2O/c1-14(2)13-20-17-10-8-15(9-11-17)12-18-19-16-6-4-3-5-7-16/h3-12,19H,1,13H2,2H3. The molecule has 0 saturated carbocycles. The first kappa shape index (κ1) is 13.9. The van der Waals surface area contributed by atoms with Gasteiger partial charge in [-0.15, -0.1) is 0 Å². The molecule has 0 aliphatic heterocycles. The summed E-state index contributed by atoms with van der Waals surface area (Å²) in [7, 11) is 0. The molecule has 2 rings (SSSR count). The fourth-order valence-corrected chi connectivity index (χ4v) is 1.55. The Balaban J connectivity index is 1.88. The molecule has 0 aliphatic carbocycles. The van der Waals surface area contributed by atoms with Gasteiger partial charge in [-0.1, -0.05) is 24.8 Å². The molecule has 0 aromatic heterocycles. The minimum absolute atomic E-state index is 0.545. The molecule has 2 aromatic rings. The molecule has 3 heteroatoms. The monoisotopic (exact) mass is 266 g/mol. The molecule has 0 saturated heterocycles. The highest BCUT2D eigenvalue weighted by atomic mass is 16.5. The minimum atomic E-state index is 0.545. The molecule has 0 bridgehead atoms. The van der Waals surface area contributed by atoms with Crippen LogP contribution in [0.15, 0.2) is 71.9 Å². The molecule has 0 unspecified atom stereocenters. The van der Waals surface area contributed by atoms with Gasteiger partial charge in [0.2, 0.25) is 0 Å². The molecule has 0 amide bonds. The van der Waals surface area contributed by atoms with E-state index in [0.717, 1.165) is 22.6 Å². The van der Waals surface area contributed by atoms with Gasteiger partial charge in [0.25, 0.3) is 0 Å². The summed E-state index contributed by atoms with van der Waals surface area (Å²) in [6.07, 6.45) is 1.77. The first-order chi connectivity index (χ1) is 9.74. The van der Waals surface area contributed by atoms with Crippen molar-refractivity contribution < 1.29 is 4.74 Å². The number of benzene rings is 2. The molecule has 0 fully saturated rings. The van der Waals surface area contributed by atoms with Gasteiger partial charge in [0.1, 0.15) is 12.4 Å². The van der Waals surface area contributed by atoms with E-state index in [1.807, 2.05) is 61.5 Å². The topological polar surface area (TPSA) is 33.6 Å². The van der Waals surface area contributed by atoms with Crippen molar-refractivity contribution >= 4 is 11.9 Å². The van der Waals surface area contributed by atoms with Crippen molar-refractivity contribution in [1.82, 2.24) is 0 Å². The SMILES string of the molecule is C=C(C)COc1ccc(C=NNc2ccccc2)cc1. The average molecular weight is 266 g/mol. The molecule has 1 N–H and O–H groups in total. The summed E-state index contributed by atoms with van der Waals surface area (Å²) < 4.78 is 5.54. The molecule has 0 atom stereocenters. The van der Waals surface area contributed by atoms with Gasteiger partial charge in [-0.3, -0.25) is 5.43 Å². The van der Waals surface area contributed by atoms with E-state index in [0.29, 0.717) is 6.61 Å². The van der Waals surface area contributed by atoms with Crippen LogP contribution in [-0.2, 0) is 0 Å². The van der Waals surface area contributed by atoms with E-state index in [-0.39, 0.29) is 0 Å². The zero-order chi connectivity index (χ0) is 14.2. The minimum Gasteiger partial charge on any atom is -0.489 e. The predicted octanol–water partition coefficient (Wildman–Crippen LogP) is 4.09. The van der Waals surface area contributed by atoms with E-state index in [4.69, 9.17) is 4.74 Å². The highest BCUT2D eigenvalue weighted by molar-refractivity contribution is 5.80. The van der Waals surface area contributed by atoms with Crippen LogP contribution in [0.1, 0.15) is 12.5 Å². The first-order valence-corrected chi connectivity index (χ1v) is 6.45. The zero-order valence-corrected chi connectivity index (χ0v) is 11.5. The third-order valence-corrected chi connectivity index (χ3v) is 2.55.